The van der Waals surface area contributed by atoms with E-state index in [1.807, 2.05) is 27.7 Å². The number of rotatable bonds is 24. The number of hydrogen-bond donors (Lipinski definition) is 6. The van der Waals surface area contributed by atoms with Gasteiger partial charge < -0.3 is 53.4 Å². The minimum absolute atomic E-state index is 0.201. The van der Waals surface area contributed by atoms with Gasteiger partial charge in [-0.15, -0.1) is 0 Å². The van der Waals surface area contributed by atoms with E-state index in [9.17, 15) is 4.79 Å². The lowest BCUT2D eigenvalue weighted by Gasteiger charge is -2.28. The zero-order chi connectivity index (χ0) is 36.7. The average Bonchev–Trinajstić information content (AvgIpc) is 2.98. The topological polar surface area (TPSA) is 185 Å². The summed E-state index contributed by atoms with van der Waals surface area (Å²) in [4.78, 5) is 10.4. The summed E-state index contributed by atoms with van der Waals surface area (Å²) in [6.07, 6.45) is 11.1. The lowest BCUT2D eigenvalue weighted by molar-refractivity contribution is -0.137. The van der Waals surface area contributed by atoms with E-state index in [0.717, 1.165) is 44.8 Å². The number of carbonyl (C=O) groups is 1. The van der Waals surface area contributed by atoms with Crippen molar-refractivity contribution in [2.24, 2.45) is 0 Å². The molecule has 286 valence electrons. The Bertz CT molecular complexity index is 463. The van der Waals surface area contributed by atoms with Crippen molar-refractivity contribution in [2.45, 2.75) is 145 Å². The molecular formula is C33H78O12Si. The van der Waals surface area contributed by atoms with E-state index in [4.69, 9.17) is 53.4 Å². The molecule has 0 aliphatic heterocycles. The van der Waals surface area contributed by atoms with E-state index in [1.54, 1.807) is 34.6 Å². The maximum absolute atomic E-state index is 10.4. The lowest BCUT2D eigenvalue weighted by Crippen LogP contribution is -2.46. The van der Waals surface area contributed by atoms with Gasteiger partial charge in [-0.1, -0.05) is 44.9 Å². The Morgan fingerprint density at radius 3 is 1.11 bits per heavy atom. The second-order valence-electron chi connectivity index (χ2n) is 9.30. The summed E-state index contributed by atoms with van der Waals surface area (Å²) in [6.45, 7) is 20.6. The quantitative estimate of drug-likeness (QED) is 0.0407. The second kappa shape index (κ2) is 56.6. The summed E-state index contributed by atoms with van der Waals surface area (Å²) < 4.78 is 29.1. The van der Waals surface area contributed by atoms with Crippen LogP contribution in [0.4, 0.5) is 0 Å². The van der Waals surface area contributed by atoms with Crippen molar-refractivity contribution in [3.8, 4) is 0 Å². The van der Waals surface area contributed by atoms with Crippen LogP contribution in [0, 0.1) is 0 Å². The van der Waals surface area contributed by atoms with Crippen LogP contribution in [0.15, 0.2) is 0 Å². The first-order valence-corrected chi connectivity index (χ1v) is 19.4. The summed E-state index contributed by atoms with van der Waals surface area (Å²) >= 11 is 0. The molecule has 0 radical (unpaired) electrons. The lowest BCUT2D eigenvalue weighted by atomic mass is 10.1. The first-order chi connectivity index (χ1) is 22.1. The van der Waals surface area contributed by atoms with Crippen LogP contribution in [0.5, 0.6) is 0 Å². The van der Waals surface area contributed by atoms with E-state index < -0.39 is 14.8 Å². The molecule has 6 N–H and O–H groups in total. The van der Waals surface area contributed by atoms with Gasteiger partial charge in [0.15, 0.2) is 6.29 Å². The van der Waals surface area contributed by atoms with E-state index in [2.05, 4.69) is 0 Å². The zero-order valence-corrected chi connectivity index (χ0v) is 32.3. The Morgan fingerprint density at radius 1 is 0.522 bits per heavy atom. The van der Waals surface area contributed by atoms with Crippen LogP contribution in [0.2, 0.25) is 6.04 Å². The molecule has 46 heavy (non-hydrogen) atoms. The fourth-order valence-electron chi connectivity index (χ4n) is 3.45. The second-order valence-corrected chi connectivity index (χ2v) is 12.0. The summed E-state index contributed by atoms with van der Waals surface area (Å²) in [7, 11) is -2.57. The number of hydrogen-bond acceptors (Lipinski definition) is 11. The van der Waals surface area contributed by atoms with E-state index in [0.29, 0.717) is 32.8 Å². The predicted molar refractivity (Wildman–Crippen MR) is 189 cm³/mol. The molecule has 0 aliphatic rings. The summed E-state index contributed by atoms with van der Waals surface area (Å²) in [6, 6.07) is 0.759. The fourth-order valence-corrected chi connectivity index (χ4v) is 6.03. The molecule has 12 nitrogen and oxygen atoms in total. The van der Waals surface area contributed by atoms with Gasteiger partial charge in [0, 0.05) is 78.5 Å². The van der Waals surface area contributed by atoms with Crippen molar-refractivity contribution in [3.63, 3.8) is 0 Å². The molecule has 0 aromatic rings. The zero-order valence-electron chi connectivity index (χ0n) is 31.3. The summed E-state index contributed by atoms with van der Waals surface area (Å²) in [5.74, 6) is -0.685. The molecule has 0 spiro atoms. The van der Waals surface area contributed by atoms with E-state index in [-0.39, 0.29) is 39.3 Å². The number of ether oxygens (including phenoxy) is 2. The van der Waals surface area contributed by atoms with Crippen molar-refractivity contribution < 1.29 is 58.2 Å². The predicted octanol–water partition coefficient (Wildman–Crippen LogP) is 5.78. The van der Waals surface area contributed by atoms with E-state index in [1.165, 1.54) is 32.1 Å². The Morgan fingerprint density at radius 2 is 0.804 bits per heavy atom. The van der Waals surface area contributed by atoms with Gasteiger partial charge in [0.1, 0.15) is 0 Å². The molecule has 0 bridgehead atoms. The highest BCUT2D eigenvalue weighted by atomic mass is 28.4. The highest BCUT2D eigenvalue weighted by molar-refractivity contribution is 6.60. The third-order valence-corrected chi connectivity index (χ3v) is 8.11. The van der Waals surface area contributed by atoms with Gasteiger partial charge in [-0.2, -0.15) is 0 Å². The summed E-state index contributed by atoms with van der Waals surface area (Å²) in [5, 5.41) is 46.4. The van der Waals surface area contributed by atoms with Gasteiger partial charge >= 0.3 is 14.8 Å². The fraction of sp³-hybridized carbons (Fsp3) is 0.970. The van der Waals surface area contributed by atoms with Crippen LogP contribution >= 0.6 is 0 Å². The molecule has 0 saturated heterocycles. The van der Waals surface area contributed by atoms with Gasteiger partial charge in [0.2, 0.25) is 0 Å². The number of aliphatic hydroxyl groups is 5. The van der Waals surface area contributed by atoms with E-state index >= 15 is 0 Å². The smallest absolute Gasteiger partial charge is 0.481 e. The van der Waals surface area contributed by atoms with Gasteiger partial charge in [-0.05, 0) is 81.6 Å². The van der Waals surface area contributed by atoms with Crippen molar-refractivity contribution in [2.75, 3.05) is 66.1 Å². The Labute approximate surface area is 284 Å². The molecule has 13 heteroatoms. The number of aliphatic carboxylic acids is 1. The molecule has 0 heterocycles. The SMILES string of the molecule is CCO.CCO.CCO.CCO.CCO.CCO[Si](CCCOC(C)OCCCCCCCCCCCC(=O)O)(OCC)OCC. The van der Waals surface area contributed by atoms with Crippen molar-refractivity contribution in [3.05, 3.63) is 0 Å². The van der Waals surface area contributed by atoms with Gasteiger partial charge in [-0.25, -0.2) is 0 Å². The van der Waals surface area contributed by atoms with Crippen molar-refractivity contribution in [1.29, 1.82) is 0 Å². The largest absolute Gasteiger partial charge is 0.501 e. The maximum Gasteiger partial charge on any atom is 0.501 e. The molecule has 1 atom stereocenters. The molecule has 0 aromatic carbocycles. The van der Waals surface area contributed by atoms with Crippen LogP contribution in [0.3, 0.4) is 0 Å². The minimum Gasteiger partial charge on any atom is -0.481 e. The molecule has 0 amide bonds. The number of aliphatic hydroxyl groups excluding tert-OH is 5. The first-order valence-electron chi connectivity index (χ1n) is 17.5. The number of carboxylic acids is 1. The molecule has 0 fully saturated rings. The Balaban J connectivity index is -0.000000223. The minimum atomic E-state index is -2.57. The Kier molecular flexibility index (Phi) is 70.8. The van der Waals surface area contributed by atoms with Crippen LogP contribution in [-0.2, 0) is 27.5 Å². The molecule has 0 saturated carbocycles. The van der Waals surface area contributed by atoms with Crippen LogP contribution < -0.4 is 0 Å². The molecule has 0 aromatic heterocycles. The molecular weight excluding hydrogens is 616 g/mol. The van der Waals surface area contributed by atoms with Gasteiger partial charge in [0.25, 0.3) is 0 Å². The monoisotopic (exact) mass is 695 g/mol. The van der Waals surface area contributed by atoms with Crippen molar-refractivity contribution in [1.82, 2.24) is 0 Å². The molecule has 0 aliphatic carbocycles. The van der Waals surface area contributed by atoms with Crippen LogP contribution in [-0.4, -0.2) is 118 Å². The third kappa shape index (κ3) is 65.8. The number of unbranched alkanes of at least 4 members (excludes halogenated alkanes) is 8. The highest BCUT2D eigenvalue weighted by Gasteiger charge is 2.39. The normalized spacial score (nSPS) is 10.7. The van der Waals surface area contributed by atoms with Gasteiger partial charge in [0.05, 0.1) is 0 Å². The summed E-state index contributed by atoms with van der Waals surface area (Å²) in [5.41, 5.74) is 0. The highest BCUT2D eigenvalue weighted by Crippen LogP contribution is 2.18. The number of carboxylic acid groups (broad SMARTS) is 1. The first kappa shape index (κ1) is 57.5. The van der Waals surface area contributed by atoms with Crippen LogP contribution in [0.25, 0.3) is 0 Å². The standard InChI is InChI=1S/C23H48O7Si.5C2H6O/c1-5-28-31(29-6-2,30-7-3)21-17-20-27-22(4)26-19-16-14-12-10-8-9-11-13-15-18-23(24)25;5*1-2-3/h22H,5-21H2,1-4H3,(H,24,25);5*3H,2H2,1H3. The average molecular weight is 695 g/mol. The maximum atomic E-state index is 10.4. The van der Waals surface area contributed by atoms with Crippen molar-refractivity contribution >= 4 is 14.8 Å². The molecule has 0 rings (SSSR count). The Hall–Kier alpha value is -0.713. The van der Waals surface area contributed by atoms with Gasteiger partial charge in [-0.3, -0.25) is 4.79 Å². The van der Waals surface area contributed by atoms with Crippen LogP contribution in [0.1, 0.15) is 133 Å². The molecule has 1 unspecified atom stereocenters. The third-order valence-electron chi connectivity index (χ3n) is 4.96.